The van der Waals surface area contributed by atoms with E-state index in [0.717, 1.165) is 0 Å². The fourth-order valence-corrected chi connectivity index (χ4v) is 2.22. The number of carboxylic acids is 1. The van der Waals surface area contributed by atoms with Crippen LogP contribution in [-0.4, -0.2) is 47.4 Å². The highest BCUT2D eigenvalue weighted by atomic mass is 16.4. The second-order valence-corrected chi connectivity index (χ2v) is 4.80. The number of hydrogen-bond donors (Lipinski definition) is 2. The molecule has 0 aliphatic carbocycles. The smallest absolute Gasteiger partial charge is 0.306 e. The number of hydrogen-bond acceptors (Lipinski definition) is 3. The predicted molar refractivity (Wildman–Crippen MR) is 69.5 cm³/mol. The fraction of sp³-hybridized carbons (Fsp3) is 0.769. The molecule has 0 radical (unpaired) electrons. The molecule has 6 heteroatoms. The van der Waals surface area contributed by atoms with Crippen LogP contribution in [0.5, 0.6) is 0 Å². The van der Waals surface area contributed by atoms with Gasteiger partial charge in [0.1, 0.15) is 0 Å². The molecule has 1 aliphatic heterocycles. The van der Waals surface area contributed by atoms with E-state index in [2.05, 4.69) is 5.32 Å². The van der Waals surface area contributed by atoms with Crippen molar-refractivity contribution in [3.63, 3.8) is 0 Å². The lowest BCUT2D eigenvalue weighted by atomic mass is 9.97. The summed E-state index contributed by atoms with van der Waals surface area (Å²) in [6.07, 6.45) is 2.32. The van der Waals surface area contributed by atoms with Crippen molar-refractivity contribution < 1.29 is 19.5 Å². The Labute approximate surface area is 113 Å². The molecule has 6 nitrogen and oxygen atoms in total. The van der Waals surface area contributed by atoms with E-state index < -0.39 is 5.97 Å². The molecule has 0 bridgehead atoms. The molecular formula is C13H22N2O4. The van der Waals surface area contributed by atoms with Crippen LogP contribution in [-0.2, 0) is 14.4 Å². The van der Waals surface area contributed by atoms with Gasteiger partial charge in [-0.05, 0) is 26.2 Å². The van der Waals surface area contributed by atoms with Gasteiger partial charge in [-0.2, -0.15) is 0 Å². The van der Waals surface area contributed by atoms with E-state index >= 15 is 0 Å². The van der Waals surface area contributed by atoms with E-state index in [1.54, 1.807) is 4.90 Å². The van der Waals surface area contributed by atoms with Gasteiger partial charge in [-0.15, -0.1) is 0 Å². The maximum atomic E-state index is 11.9. The SMILES string of the molecule is CCNC(=O)CCCC(=O)N1CCC(C(=O)O)CC1. The van der Waals surface area contributed by atoms with Crippen molar-refractivity contribution in [1.29, 1.82) is 0 Å². The van der Waals surface area contributed by atoms with Crippen molar-refractivity contribution in [1.82, 2.24) is 10.2 Å². The standard InChI is InChI=1S/C13H22N2O4/c1-2-14-11(16)4-3-5-12(17)15-8-6-10(7-9-15)13(18)19/h10H,2-9H2,1H3,(H,14,16)(H,18,19). The number of carbonyl (C=O) groups is 3. The van der Waals surface area contributed by atoms with E-state index in [-0.39, 0.29) is 17.7 Å². The molecule has 1 saturated heterocycles. The number of carbonyl (C=O) groups excluding carboxylic acids is 2. The van der Waals surface area contributed by atoms with Crippen molar-refractivity contribution in [2.24, 2.45) is 5.92 Å². The first-order valence-electron chi connectivity index (χ1n) is 6.81. The lowest BCUT2D eigenvalue weighted by molar-refractivity contribution is -0.145. The summed E-state index contributed by atoms with van der Waals surface area (Å²) in [6.45, 7) is 3.49. The molecule has 1 aliphatic rings. The van der Waals surface area contributed by atoms with E-state index in [9.17, 15) is 14.4 Å². The fourth-order valence-electron chi connectivity index (χ4n) is 2.22. The van der Waals surface area contributed by atoms with Gasteiger partial charge in [0.25, 0.3) is 0 Å². The minimum absolute atomic E-state index is 0.0214. The average Bonchev–Trinajstić information content (AvgIpc) is 2.39. The van der Waals surface area contributed by atoms with Gasteiger partial charge in [0.2, 0.25) is 11.8 Å². The van der Waals surface area contributed by atoms with Crippen LogP contribution in [0.25, 0.3) is 0 Å². The third-order valence-electron chi connectivity index (χ3n) is 3.37. The number of aliphatic carboxylic acids is 1. The van der Waals surface area contributed by atoms with Crippen LogP contribution < -0.4 is 5.32 Å². The van der Waals surface area contributed by atoms with Gasteiger partial charge in [-0.1, -0.05) is 0 Å². The number of amides is 2. The Morgan fingerprint density at radius 2 is 1.84 bits per heavy atom. The first-order valence-corrected chi connectivity index (χ1v) is 6.81. The lowest BCUT2D eigenvalue weighted by Gasteiger charge is -2.30. The third-order valence-corrected chi connectivity index (χ3v) is 3.37. The molecule has 2 N–H and O–H groups in total. The van der Waals surface area contributed by atoms with E-state index in [0.29, 0.717) is 51.7 Å². The van der Waals surface area contributed by atoms with Crippen LogP contribution in [0.15, 0.2) is 0 Å². The zero-order valence-electron chi connectivity index (χ0n) is 11.4. The first kappa shape index (κ1) is 15.5. The topological polar surface area (TPSA) is 86.7 Å². The Balaban J connectivity index is 2.21. The molecule has 0 aromatic rings. The molecule has 19 heavy (non-hydrogen) atoms. The highest BCUT2D eigenvalue weighted by Gasteiger charge is 2.26. The average molecular weight is 270 g/mol. The van der Waals surface area contributed by atoms with Crippen LogP contribution in [0.1, 0.15) is 39.0 Å². The van der Waals surface area contributed by atoms with Gasteiger partial charge >= 0.3 is 5.97 Å². The third kappa shape index (κ3) is 5.28. The molecule has 108 valence electrons. The molecule has 0 atom stereocenters. The number of nitrogens with zero attached hydrogens (tertiary/aromatic N) is 1. The molecular weight excluding hydrogens is 248 g/mol. The highest BCUT2D eigenvalue weighted by molar-refractivity contribution is 5.79. The van der Waals surface area contributed by atoms with E-state index in [4.69, 9.17) is 5.11 Å². The second kappa shape index (κ2) is 7.76. The van der Waals surface area contributed by atoms with Crippen LogP contribution in [0, 0.1) is 5.92 Å². The predicted octanol–water partition coefficient (Wildman–Crippen LogP) is 0.616. The van der Waals surface area contributed by atoms with Crippen molar-refractivity contribution in [2.45, 2.75) is 39.0 Å². The normalized spacial score (nSPS) is 16.2. The van der Waals surface area contributed by atoms with Crippen molar-refractivity contribution in [3.05, 3.63) is 0 Å². The number of piperidine rings is 1. The Bertz CT molecular complexity index is 336. The Hall–Kier alpha value is -1.59. The maximum absolute atomic E-state index is 11.9. The minimum Gasteiger partial charge on any atom is -0.481 e. The van der Waals surface area contributed by atoms with Gasteiger partial charge < -0.3 is 15.3 Å². The number of rotatable bonds is 6. The number of nitrogens with one attached hydrogen (secondary N) is 1. The molecule has 1 rings (SSSR count). The maximum Gasteiger partial charge on any atom is 0.306 e. The zero-order chi connectivity index (χ0) is 14.3. The first-order chi connectivity index (χ1) is 9.04. The number of likely N-dealkylation sites (tertiary alicyclic amines) is 1. The monoisotopic (exact) mass is 270 g/mol. The summed E-state index contributed by atoms with van der Waals surface area (Å²) >= 11 is 0. The molecule has 0 aromatic carbocycles. The summed E-state index contributed by atoms with van der Waals surface area (Å²) in [4.78, 5) is 35.6. The molecule has 0 unspecified atom stereocenters. The Morgan fingerprint density at radius 3 is 2.37 bits per heavy atom. The van der Waals surface area contributed by atoms with Gasteiger partial charge in [0.05, 0.1) is 5.92 Å². The molecule has 1 fully saturated rings. The quantitative estimate of drug-likeness (QED) is 0.740. The van der Waals surface area contributed by atoms with Crippen molar-refractivity contribution >= 4 is 17.8 Å². The van der Waals surface area contributed by atoms with Crippen LogP contribution >= 0.6 is 0 Å². The summed E-state index contributed by atoms with van der Waals surface area (Å²) in [7, 11) is 0. The Morgan fingerprint density at radius 1 is 1.21 bits per heavy atom. The van der Waals surface area contributed by atoms with E-state index in [1.807, 2.05) is 6.92 Å². The van der Waals surface area contributed by atoms with Gasteiger partial charge in [0.15, 0.2) is 0 Å². The van der Waals surface area contributed by atoms with Crippen LogP contribution in [0.3, 0.4) is 0 Å². The zero-order valence-corrected chi connectivity index (χ0v) is 11.4. The van der Waals surface area contributed by atoms with E-state index in [1.165, 1.54) is 0 Å². The van der Waals surface area contributed by atoms with Crippen LogP contribution in [0.4, 0.5) is 0 Å². The van der Waals surface area contributed by atoms with Gasteiger partial charge in [-0.3, -0.25) is 14.4 Å². The number of carboxylic acid groups (broad SMARTS) is 1. The molecule has 2 amide bonds. The Kier molecular flexibility index (Phi) is 6.32. The minimum atomic E-state index is -0.775. The summed E-state index contributed by atoms with van der Waals surface area (Å²) in [5, 5.41) is 11.6. The summed E-state index contributed by atoms with van der Waals surface area (Å²) in [5.41, 5.74) is 0. The van der Waals surface area contributed by atoms with Crippen molar-refractivity contribution in [2.75, 3.05) is 19.6 Å². The summed E-state index contributed by atoms with van der Waals surface area (Å²) in [5.74, 6) is -1.10. The second-order valence-electron chi connectivity index (χ2n) is 4.80. The summed E-state index contributed by atoms with van der Waals surface area (Å²) in [6, 6.07) is 0. The molecule has 1 heterocycles. The summed E-state index contributed by atoms with van der Waals surface area (Å²) < 4.78 is 0. The molecule has 0 aromatic heterocycles. The molecule has 0 saturated carbocycles. The largest absolute Gasteiger partial charge is 0.481 e. The van der Waals surface area contributed by atoms with Gasteiger partial charge in [-0.25, -0.2) is 0 Å². The molecule has 0 spiro atoms. The van der Waals surface area contributed by atoms with Crippen molar-refractivity contribution in [3.8, 4) is 0 Å². The van der Waals surface area contributed by atoms with Crippen LogP contribution in [0.2, 0.25) is 0 Å². The lowest BCUT2D eigenvalue weighted by Crippen LogP contribution is -2.40. The van der Waals surface area contributed by atoms with Gasteiger partial charge in [0, 0.05) is 32.5 Å². The highest BCUT2D eigenvalue weighted by Crippen LogP contribution is 2.18.